The second kappa shape index (κ2) is 6.76. The first-order valence-corrected chi connectivity index (χ1v) is 7.87. The van der Waals surface area contributed by atoms with Crippen LogP contribution in [0, 0.1) is 0 Å². The van der Waals surface area contributed by atoms with Gasteiger partial charge in [-0.15, -0.1) is 0 Å². The van der Waals surface area contributed by atoms with E-state index in [0.717, 1.165) is 5.69 Å². The summed E-state index contributed by atoms with van der Waals surface area (Å²) < 4.78 is 1.65. The Morgan fingerprint density at radius 2 is 2.08 bits per heavy atom. The summed E-state index contributed by atoms with van der Waals surface area (Å²) in [5, 5.41) is 18.9. The van der Waals surface area contributed by atoms with Crippen molar-refractivity contribution in [3.63, 3.8) is 0 Å². The Kier molecular flexibility index (Phi) is 4.51. The van der Waals surface area contributed by atoms with E-state index in [4.69, 9.17) is 5.11 Å². The quantitative estimate of drug-likeness (QED) is 0.763. The maximum atomic E-state index is 12.5. The highest BCUT2D eigenvalue weighted by Crippen LogP contribution is 2.24. The van der Waals surface area contributed by atoms with Crippen molar-refractivity contribution in [3.8, 4) is 0 Å². The Morgan fingerprint density at radius 3 is 2.76 bits per heavy atom. The van der Waals surface area contributed by atoms with Gasteiger partial charge >= 0.3 is 5.97 Å². The summed E-state index contributed by atoms with van der Waals surface area (Å²) in [7, 11) is 1.77. The van der Waals surface area contributed by atoms with Gasteiger partial charge in [-0.05, 0) is 30.7 Å². The molecule has 0 saturated carbocycles. The van der Waals surface area contributed by atoms with Crippen molar-refractivity contribution in [3.05, 3.63) is 53.3 Å². The molecule has 3 N–H and O–H groups in total. The van der Waals surface area contributed by atoms with E-state index >= 15 is 0 Å². The number of carboxylic acids is 1. The smallest absolute Gasteiger partial charge is 0.335 e. The fraction of sp³-hybridized carbons (Fsp3) is 0.294. The molecule has 0 bridgehead atoms. The number of carboxylic acid groups (broad SMARTS) is 1. The second-order valence-electron chi connectivity index (χ2n) is 5.93. The minimum absolute atomic E-state index is 0.0489. The second-order valence-corrected chi connectivity index (χ2v) is 5.93. The highest BCUT2D eigenvalue weighted by atomic mass is 16.4. The molecule has 0 spiro atoms. The molecule has 2 amide bonds. The minimum atomic E-state index is -1.09. The van der Waals surface area contributed by atoms with Crippen LogP contribution >= 0.6 is 0 Å². The predicted octanol–water partition coefficient (Wildman–Crippen LogP) is 0.868. The zero-order chi connectivity index (χ0) is 18.0. The summed E-state index contributed by atoms with van der Waals surface area (Å²) in [6, 6.07) is 6.94. The molecular formula is C17H18N4O4. The number of hydrogen-bond acceptors (Lipinski definition) is 4. The van der Waals surface area contributed by atoms with Crippen LogP contribution < -0.4 is 10.6 Å². The first-order valence-electron chi connectivity index (χ1n) is 7.87. The van der Waals surface area contributed by atoms with Gasteiger partial charge in [-0.1, -0.05) is 6.07 Å². The maximum absolute atomic E-state index is 12.5. The molecule has 2 heterocycles. The van der Waals surface area contributed by atoms with Crippen molar-refractivity contribution in [1.82, 2.24) is 20.4 Å². The lowest BCUT2D eigenvalue weighted by molar-refractivity contribution is -0.123. The van der Waals surface area contributed by atoms with Gasteiger partial charge in [0.2, 0.25) is 5.91 Å². The molecule has 8 heteroatoms. The Labute approximate surface area is 143 Å². The molecule has 0 aliphatic carbocycles. The number of aromatic nitrogens is 2. The molecule has 1 aromatic carbocycles. The lowest BCUT2D eigenvalue weighted by atomic mass is 9.94. The molecule has 3 rings (SSSR count). The summed E-state index contributed by atoms with van der Waals surface area (Å²) >= 11 is 0. The molecular weight excluding hydrogens is 324 g/mol. The Balaban J connectivity index is 1.81. The third kappa shape index (κ3) is 3.52. The van der Waals surface area contributed by atoms with E-state index in [1.807, 2.05) is 0 Å². The molecule has 1 aliphatic rings. The third-order valence-electron chi connectivity index (χ3n) is 4.27. The molecule has 25 heavy (non-hydrogen) atoms. The average Bonchev–Trinajstić information content (AvgIpc) is 3.02. The SMILES string of the molecule is Cn1nccc1[C@@H]1NC(=O)CC[C@H]1NC(=O)c1cccc(C(=O)O)c1. The van der Waals surface area contributed by atoms with E-state index in [1.54, 1.807) is 30.1 Å². The lowest BCUT2D eigenvalue weighted by Crippen LogP contribution is -2.50. The zero-order valence-electron chi connectivity index (χ0n) is 13.6. The molecule has 1 aromatic heterocycles. The van der Waals surface area contributed by atoms with Crippen molar-refractivity contribution >= 4 is 17.8 Å². The summed E-state index contributed by atoms with van der Waals surface area (Å²) in [5.74, 6) is -1.55. The Bertz CT molecular complexity index is 830. The number of amides is 2. The largest absolute Gasteiger partial charge is 0.478 e. The topological polar surface area (TPSA) is 113 Å². The van der Waals surface area contributed by atoms with Gasteiger partial charge in [0.1, 0.15) is 0 Å². The summed E-state index contributed by atoms with van der Waals surface area (Å²) in [6.07, 6.45) is 2.44. The van der Waals surface area contributed by atoms with Crippen LogP contribution in [0.1, 0.15) is 45.3 Å². The minimum Gasteiger partial charge on any atom is -0.478 e. The number of rotatable bonds is 4. The van der Waals surface area contributed by atoms with Gasteiger partial charge in [0.25, 0.3) is 5.91 Å². The van der Waals surface area contributed by atoms with Crippen LogP contribution in [0.15, 0.2) is 36.5 Å². The number of carbonyl (C=O) groups excluding carboxylic acids is 2. The van der Waals surface area contributed by atoms with E-state index in [-0.39, 0.29) is 35.0 Å². The van der Waals surface area contributed by atoms with Crippen LogP contribution in [0.25, 0.3) is 0 Å². The van der Waals surface area contributed by atoms with E-state index in [0.29, 0.717) is 12.8 Å². The predicted molar refractivity (Wildman–Crippen MR) is 88.0 cm³/mol. The van der Waals surface area contributed by atoms with Gasteiger partial charge < -0.3 is 15.7 Å². The molecule has 0 radical (unpaired) electrons. The molecule has 1 saturated heterocycles. The molecule has 2 atom stereocenters. The molecule has 130 valence electrons. The van der Waals surface area contributed by atoms with E-state index in [1.165, 1.54) is 18.2 Å². The standard InChI is InChI=1S/C17H18N4O4/c1-21-13(7-8-18-21)15-12(5-6-14(22)20-15)19-16(23)10-3-2-4-11(9-10)17(24)25/h2-4,7-9,12,15H,5-6H2,1H3,(H,19,23)(H,20,22)(H,24,25)/t12-,15-/m1/s1. The fourth-order valence-electron chi connectivity index (χ4n) is 2.97. The average molecular weight is 342 g/mol. The molecule has 1 aliphatic heterocycles. The van der Waals surface area contributed by atoms with Crippen LogP contribution in [0.4, 0.5) is 0 Å². The van der Waals surface area contributed by atoms with Crippen molar-refractivity contribution in [2.75, 3.05) is 0 Å². The number of nitrogens with zero attached hydrogens (tertiary/aromatic N) is 2. The van der Waals surface area contributed by atoms with Gasteiger partial charge in [-0.25, -0.2) is 4.79 Å². The molecule has 2 aromatic rings. The van der Waals surface area contributed by atoms with Gasteiger partial charge in [0.15, 0.2) is 0 Å². The lowest BCUT2D eigenvalue weighted by Gasteiger charge is -2.32. The van der Waals surface area contributed by atoms with E-state index < -0.39 is 5.97 Å². The summed E-state index contributed by atoms with van der Waals surface area (Å²) in [5.41, 5.74) is 1.10. The van der Waals surface area contributed by atoms with Crippen LogP contribution in [-0.2, 0) is 11.8 Å². The normalized spacial score (nSPS) is 20.0. The van der Waals surface area contributed by atoms with Crippen LogP contribution in [0.5, 0.6) is 0 Å². The van der Waals surface area contributed by atoms with Crippen molar-refractivity contribution in [1.29, 1.82) is 0 Å². The van der Waals surface area contributed by atoms with E-state index in [2.05, 4.69) is 15.7 Å². The van der Waals surface area contributed by atoms with Gasteiger partial charge in [-0.3, -0.25) is 14.3 Å². The fourth-order valence-corrected chi connectivity index (χ4v) is 2.97. The first kappa shape index (κ1) is 16.7. The zero-order valence-corrected chi connectivity index (χ0v) is 13.6. The first-order chi connectivity index (χ1) is 12.0. The Morgan fingerprint density at radius 1 is 1.32 bits per heavy atom. The van der Waals surface area contributed by atoms with Gasteiger partial charge in [-0.2, -0.15) is 5.10 Å². The summed E-state index contributed by atoms with van der Waals surface area (Å²) in [6.45, 7) is 0. The molecule has 0 unspecified atom stereocenters. The van der Waals surface area contributed by atoms with Crippen molar-refractivity contribution in [2.24, 2.45) is 7.05 Å². The molecule has 8 nitrogen and oxygen atoms in total. The van der Waals surface area contributed by atoms with Crippen molar-refractivity contribution < 1.29 is 19.5 Å². The van der Waals surface area contributed by atoms with Crippen molar-refractivity contribution in [2.45, 2.75) is 24.9 Å². The monoisotopic (exact) mass is 342 g/mol. The number of piperidine rings is 1. The number of nitrogens with one attached hydrogen (secondary N) is 2. The van der Waals surface area contributed by atoms with E-state index in [9.17, 15) is 14.4 Å². The number of benzene rings is 1. The highest BCUT2D eigenvalue weighted by Gasteiger charge is 2.32. The Hall–Kier alpha value is -3.16. The maximum Gasteiger partial charge on any atom is 0.335 e. The number of aryl methyl sites for hydroxylation is 1. The molecule has 1 fully saturated rings. The number of hydrogen-bond donors (Lipinski definition) is 3. The number of aromatic carboxylic acids is 1. The van der Waals surface area contributed by atoms with Crippen LogP contribution in [-0.4, -0.2) is 38.7 Å². The van der Waals surface area contributed by atoms with Gasteiger partial charge in [0.05, 0.1) is 23.3 Å². The van der Waals surface area contributed by atoms with Crippen LogP contribution in [0.2, 0.25) is 0 Å². The van der Waals surface area contributed by atoms with Crippen LogP contribution in [0.3, 0.4) is 0 Å². The summed E-state index contributed by atoms with van der Waals surface area (Å²) in [4.78, 5) is 35.4. The number of carbonyl (C=O) groups is 3. The van der Waals surface area contributed by atoms with Gasteiger partial charge in [0, 0.05) is 25.2 Å². The highest BCUT2D eigenvalue weighted by molar-refractivity contribution is 5.97. The third-order valence-corrected chi connectivity index (χ3v) is 4.27.